The van der Waals surface area contributed by atoms with Gasteiger partial charge in [-0.05, 0) is 31.0 Å². The van der Waals surface area contributed by atoms with Crippen molar-refractivity contribution in [2.24, 2.45) is 5.73 Å². The van der Waals surface area contributed by atoms with Crippen LogP contribution in [0, 0.1) is 0 Å². The van der Waals surface area contributed by atoms with Crippen molar-refractivity contribution in [2.75, 3.05) is 36.5 Å². The molecular formula is C18H24F2N4O3. The molecule has 7 nitrogen and oxygen atoms in total. The van der Waals surface area contributed by atoms with Crippen molar-refractivity contribution in [1.29, 1.82) is 0 Å². The molecule has 2 aliphatic rings. The average Bonchev–Trinajstić information content (AvgIpc) is 2.61. The molecular weight excluding hydrogens is 358 g/mol. The first-order chi connectivity index (χ1) is 13.0. The monoisotopic (exact) mass is 382 g/mol. The number of morpholine rings is 1. The lowest BCUT2D eigenvalue weighted by Gasteiger charge is -2.30. The minimum Gasteiger partial charge on any atom is -0.370 e. The molecule has 0 aromatic heterocycles. The minimum absolute atomic E-state index is 0.0216. The van der Waals surface area contributed by atoms with Crippen LogP contribution in [0.4, 0.5) is 20.2 Å². The maximum absolute atomic E-state index is 13.6. The Bertz CT molecular complexity index is 697. The molecule has 2 fully saturated rings. The molecule has 0 radical (unpaired) electrons. The molecule has 0 unspecified atom stereocenters. The Balaban J connectivity index is 1.75. The number of carbonyl (C=O) groups excluding carboxylic acids is 2. The van der Waals surface area contributed by atoms with Crippen LogP contribution in [0.25, 0.3) is 0 Å². The zero-order chi connectivity index (χ0) is 19.4. The van der Waals surface area contributed by atoms with Crippen LogP contribution in [0.15, 0.2) is 18.2 Å². The van der Waals surface area contributed by atoms with Gasteiger partial charge < -0.3 is 26.0 Å². The molecule has 9 heteroatoms. The van der Waals surface area contributed by atoms with Gasteiger partial charge in [0.2, 0.25) is 5.91 Å². The van der Waals surface area contributed by atoms with Crippen molar-refractivity contribution >= 4 is 23.2 Å². The Morgan fingerprint density at radius 2 is 2.15 bits per heavy atom. The number of halogens is 2. The topological polar surface area (TPSA) is 96.7 Å². The minimum atomic E-state index is -2.80. The molecule has 1 aliphatic carbocycles. The van der Waals surface area contributed by atoms with Gasteiger partial charge in [0.25, 0.3) is 12.3 Å². The third-order valence-corrected chi connectivity index (χ3v) is 4.92. The van der Waals surface area contributed by atoms with E-state index in [1.165, 1.54) is 17.0 Å². The fraction of sp³-hybridized carbons (Fsp3) is 0.556. The van der Waals surface area contributed by atoms with E-state index in [0.29, 0.717) is 18.8 Å². The summed E-state index contributed by atoms with van der Waals surface area (Å²) in [5, 5.41) is 5.70. The number of hydrogen-bond donors (Lipinski definition) is 3. The molecule has 1 atom stereocenters. The Labute approximate surface area is 156 Å². The van der Waals surface area contributed by atoms with Crippen molar-refractivity contribution in [3.8, 4) is 0 Å². The summed E-state index contributed by atoms with van der Waals surface area (Å²) >= 11 is 0. The van der Waals surface area contributed by atoms with Gasteiger partial charge in [0.1, 0.15) is 6.61 Å². The van der Waals surface area contributed by atoms with Crippen LogP contribution in [0.3, 0.4) is 0 Å². The first kappa shape index (κ1) is 19.7. The molecule has 1 heterocycles. The van der Waals surface area contributed by atoms with E-state index in [-0.39, 0.29) is 36.4 Å². The smallest absolute Gasteiger partial charge is 0.265 e. The van der Waals surface area contributed by atoms with E-state index in [9.17, 15) is 18.4 Å². The van der Waals surface area contributed by atoms with Gasteiger partial charge >= 0.3 is 0 Å². The van der Waals surface area contributed by atoms with Crippen molar-refractivity contribution in [1.82, 2.24) is 5.32 Å². The predicted octanol–water partition coefficient (Wildman–Crippen LogP) is 1.40. The van der Waals surface area contributed by atoms with Gasteiger partial charge in [-0.1, -0.05) is 6.42 Å². The summed E-state index contributed by atoms with van der Waals surface area (Å²) in [7, 11) is 0. The van der Waals surface area contributed by atoms with E-state index in [1.807, 2.05) is 0 Å². The highest BCUT2D eigenvalue weighted by atomic mass is 19.3. The third-order valence-electron chi connectivity index (χ3n) is 4.92. The number of rotatable bonds is 7. The van der Waals surface area contributed by atoms with Crippen molar-refractivity contribution < 1.29 is 23.1 Å². The number of benzene rings is 1. The summed E-state index contributed by atoms with van der Waals surface area (Å²) in [5.74, 6) is -0.729. The fourth-order valence-electron chi connectivity index (χ4n) is 3.13. The lowest BCUT2D eigenvalue weighted by Crippen LogP contribution is -2.52. The summed E-state index contributed by atoms with van der Waals surface area (Å²) < 4.78 is 32.2. The zero-order valence-electron chi connectivity index (χ0n) is 14.9. The third kappa shape index (κ3) is 4.60. The summed E-state index contributed by atoms with van der Waals surface area (Å²) in [6.07, 6.45) is 0.267. The normalized spacial score (nSPS) is 19.1. The molecule has 3 rings (SSSR count). The molecule has 1 aromatic carbocycles. The van der Waals surface area contributed by atoms with Gasteiger partial charge in [0, 0.05) is 36.1 Å². The molecule has 1 aliphatic heterocycles. The van der Waals surface area contributed by atoms with Gasteiger partial charge in [-0.2, -0.15) is 0 Å². The van der Waals surface area contributed by atoms with E-state index in [4.69, 9.17) is 10.5 Å². The predicted molar refractivity (Wildman–Crippen MR) is 96.8 cm³/mol. The van der Waals surface area contributed by atoms with Crippen LogP contribution in [0.2, 0.25) is 0 Å². The van der Waals surface area contributed by atoms with Gasteiger partial charge in [-0.15, -0.1) is 0 Å². The van der Waals surface area contributed by atoms with E-state index < -0.39 is 18.4 Å². The Morgan fingerprint density at radius 1 is 1.37 bits per heavy atom. The number of alkyl halides is 2. The van der Waals surface area contributed by atoms with E-state index >= 15 is 0 Å². The number of nitrogens with zero attached hydrogens (tertiary/aromatic N) is 1. The standard InChI is InChI=1S/C18H24F2N4O3/c19-17(20)13-8-12(24-6-7-27-10-16(24)25)4-5-14(13)23-18(26)15(9-21)22-11-2-1-3-11/h4-5,8,11,15,17,22H,1-3,6-7,9-10,21H2,(H,23,26)/t15-/m0/s1. The number of nitrogens with two attached hydrogens (primary N) is 1. The highest BCUT2D eigenvalue weighted by molar-refractivity contribution is 5.97. The number of nitrogens with one attached hydrogen (secondary N) is 2. The SMILES string of the molecule is NC[C@H](NC1CCC1)C(=O)Nc1ccc(N2CCOCC2=O)cc1C(F)F. The largest absolute Gasteiger partial charge is 0.370 e. The molecule has 2 amide bonds. The second-order valence-electron chi connectivity index (χ2n) is 6.74. The van der Waals surface area contributed by atoms with Crippen LogP contribution in [0.5, 0.6) is 0 Å². The van der Waals surface area contributed by atoms with Crippen LogP contribution in [-0.4, -0.2) is 50.2 Å². The molecule has 0 spiro atoms. The Hall–Kier alpha value is -2.10. The van der Waals surface area contributed by atoms with Gasteiger partial charge in [-0.3, -0.25) is 9.59 Å². The lowest BCUT2D eigenvalue weighted by atomic mass is 9.92. The molecule has 4 N–H and O–H groups in total. The summed E-state index contributed by atoms with van der Waals surface area (Å²) in [4.78, 5) is 25.8. The number of carbonyl (C=O) groups is 2. The first-order valence-electron chi connectivity index (χ1n) is 9.06. The highest BCUT2D eigenvalue weighted by Crippen LogP contribution is 2.32. The summed E-state index contributed by atoms with van der Waals surface area (Å²) in [5.41, 5.74) is 5.71. The fourth-order valence-corrected chi connectivity index (χ4v) is 3.13. The second kappa shape index (κ2) is 8.73. The summed E-state index contributed by atoms with van der Waals surface area (Å²) in [6.45, 7) is 0.646. The lowest BCUT2D eigenvalue weighted by molar-refractivity contribution is -0.125. The molecule has 148 valence electrons. The van der Waals surface area contributed by atoms with Crippen molar-refractivity contribution in [3.63, 3.8) is 0 Å². The number of hydrogen-bond acceptors (Lipinski definition) is 5. The van der Waals surface area contributed by atoms with Crippen LogP contribution >= 0.6 is 0 Å². The number of ether oxygens (including phenoxy) is 1. The van der Waals surface area contributed by atoms with Crippen molar-refractivity contribution in [3.05, 3.63) is 23.8 Å². The van der Waals surface area contributed by atoms with Gasteiger partial charge in [0.15, 0.2) is 0 Å². The van der Waals surface area contributed by atoms with Gasteiger partial charge in [0.05, 0.1) is 12.6 Å². The average molecular weight is 382 g/mol. The summed E-state index contributed by atoms with van der Waals surface area (Å²) in [6, 6.07) is 3.78. The number of amides is 2. The van der Waals surface area contributed by atoms with Gasteiger partial charge in [-0.25, -0.2) is 8.78 Å². The van der Waals surface area contributed by atoms with Crippen LogP contribution in [0.1, 0.15) is 31.3 Å². The molecule has 27 heavy (non-hydrogen) atoms. The number of anilines is 2. The maximum atomic E-state index is 13.6. The van der Waals surface area contributed by atoms with E-state index in [2.05, 4.69) is 10.6 Å². The Kier molecular flexibility index (Phi) is 6.35. The van der Waals surface area contributed by atoms with E-state index in [1.54, 1.807) is 6.07 Å². The van der Waals surface area contributed by atoms with E-state index in [0.717, 1.165) is 19.3 Å². The maximum Gasteiger partial charge on any atom is 0.265 e. The molecule has 1 aromatic rings. The molecule has 0 bridgehead atoms. The van der Waals surface area contributed by atoms with Crippen LogP contribution in [-0.2, 0) is 14.3 Å². The first-order valence-corrected chi connectivity index (χ1v) is 9.06. The van der Waals surface area contributed by atoms with Crippen LogP contribution < -0.4 is 21.3 Å². The highest BCUT2D eigenvalue weighted by Gasteiger charge is 2.27. The molecule has 1 saturated carbocycles. The quantitative estimate of drug-likeness (QED) is 0.662. The van der Waals surface area contributed by atoms with Crippen molar-refractivity contribution in [2.45, 2.75) is 37.8 Å². The second-order valence-corrected chi connectivity index (χ2v) is 6.74. The molecule has 1 saturated heterocycles. The zero-order valence-corrected chi connectivity index (χ0v) is 14.9. The Morgan fingerprint density at radius 3 is 2.74 bits per heavy atom.